The van der Waals surface area contributed by atoms with Crippen molar-refractivity contribution in [3.63, 3.8) is 0 Å². The van der Waals surface area contributed by atoms with E-state index >= 15 is 0 Å². The van der Waals surface area contributed by atoms with E-state index in [-0.39, 0.29) is 5.60 Å². The van der Waals surface area contributed by atoms with Crippen LogP contribution in [0.1, 0.15) is 69.6 Å². The Hall–Kier alpha value is -1.00. The average Bonchev–Trinajstić information content (AvgIpc) is 2.51. The van der Waals surface area contributed by atoms with Crippen molar-refractivity contribution in [3.05, 3.63) is 23.3 Å². The first-order valence-corrected chi connectivity index (χ1v) is 7.88. The second kappa shape index (κ2) is 6.64. The Labute approximate surface area is 122 Å². The Morgan fingerprint density at radius 3 is 2.70 bits per heavy atom. The van der Waals surface area contributed by atoms with Crippen molar-refractivity contribution in [2.24, 2.45) is 0 Å². The molecule has 0 amide bonds. The van der Waals surface area contributed by atoms with Crippen LogP contribution < -0.4 is 5.32 Å². The van der Waals surface area contributed by atoms with Gasteiger partial charge in [0.2, 0.25) is 0 Å². The van der Waals surface area contributed by atoms with E-state index in [0.29, 0.717) is 12.6 Å². The number of rotatable bonds is 6. The number of aryl methyl sites for hydroxylation is 1. The molecule has 4 heteroatoms. The first kappa shape index (κ1) is 15.4. The molecule has 1 aliphatic rings. The number of hydrogen-bond acceptors (Lipinski definition) is 4. The molecule has 4 nitrogen and oxygen atoms in total. The molecular weight excluding hydrogens is 250 g/mol. The third-order valence-corrected chi connectivity index (χ3v) is 4.50. The molecule has 1 unspecified atom stereocenters. The SMILES string of the molecule is CCOC(CC)(CC)c1ncc2c(n1)CCCC2NC. The van der Waals surface area contributed by atoms with Gasteiger partial charge in [0.25, 0.3) is 0 Å². The minimum atomic E-state index is -0.323. The fourth-order valence-electron chi connectivity index (χ4n) is 3.18. The van der Waals surface area contributed by atoms with E-state index in [1.807, 2.05) is 20.2 Å². The van der Waals surface area contributed by atoms with Crippen molar-refractivity contribution < 1.29 is 4.74 Å². The molecule has 0 spiro atoms. The Balaban J connectivity index is 2.38. The lowest BCUT2D eigenvalue weighted by Gasteiger charge is -2.32. The van der Waals surface area contributed by atoms with E-state index in [1.54, 1.807) is 0 Å². The van der Waals surface area contributed by atoms with E-state index in [2.05, 4.69) is 24.1 Å². The molecular formula is C16H27N3O. The first-order valence-electron chi connectivity index (χ1n) is 7.88. The van der Waals surface area contributed by atoms with Crippen molar-refractivity contribution in [2.75, 3.05) is 13.7 Å². The third-order valence-electron chi connectivity index (χ3n) is 4.50. The van der Waals surface area contributed by atoms with E-state index < -0.39 is 0 Å². The summed E-state index contributed by atoms with van der Waals surface area (Å²) in [5, 5.41) is 3.36. The lowest BCUT2D eigenvalue weighted by Crippen LogP contribution is -2.32. The van der Waals surface area contributed by atoms with Gasteiger partial charge >= 0.3 is 0 Å². The summed E-state index contributed by atoms with van der Waals surface area (Å²) in [5.74, 6) is 0.861. The summed E-state index contributed by atoms with van der Waals surface area (Å²) in [7, 11) is 2.01. The highest BCUT2D eigenvalue weighted by Gasteiger charge is 2.33. The van der Waals surface area contributed by atoms with Crippen molar-refractivity contribution in [1.82, 2.24) is 15.3 Å². The zero-order valence-electron chi connectivity index (χ0n) is 13.2. The molecule has 1 aromatic rings. The molecule has 1 heterocycles. The molecule has 1 aromatic heterocycles. The molecule has 0 bridgehead atoms. The van der Waals surface area contributed by atoms with Crippen LogP contribution in [0.4, 0.5) is 0 Å². The Kier molecular flexibility index (Phi) is 5.11. The summed E-state index contributed by atoms with van der Waals surface area (Å²) in [6.45, 7) is 7.04. The number of nitrogens with one attached hydrogen (secondary N) is 1. The largest absolute Gasteiger partial charge is 0.367 e. The summed E-state index contributed by atoms with van der Waals surface area (Å²) in [6.07, 6.45) is 7.24. The van der Waals surface area contributed by atoms with Crippen molar-refractivity contribution in [2.45, 2.75) is 64.5 Å². The lowest BCUT2D eigenvalue weighted by molar-refractivity contribution is -0.0573. The van der Waals surface area contributed by atoms with Gasteiger partial charge in [-0.05, 0) is 46.1 Å². The summed E-state index contributed by atoms with van der Waals surface area (Å²) < 4.78 is 6.02. The maximum absolute atomic E-state index is 6.02. The van der Waals surface area contributed by atoms with Crippen LogP contribution in [0.3, 0.4) is 0 Å². The number of ether oxygens (including phenoxy) is 1. The predicted molar refractivity (Wildman–Crippen MR) is 80.7 cm³/mol. The Morgan fingerprint density at radius 2 is 2.10 bits per heavy atom. The first-order chi connectivity index (χ1) is 9.70. The molecule has 0 saturated carbocycles. The van der Waals surface area contributed by atoms with Gasteiger partial charge in [0.1, 0.15) is 5.60 Å². The van der Waals surface area contributed by atoms with Crippen LogP contribution in [0, 0.1) is 0 Å². The van der Waals surface area contributed by atoms with Crippen LogP contribution in [-0.4, -0.2) is 23.6 Å². The zero-order valence-corrected chi connectivity index (χ0v) is 13.2. The summed E-state index contributed by atoms with van der Waals surface area (Å²) in [6, 6.07) is 0.401. The number of aromatic nitrogens is 2. The molecule has 1 N–H and O–H groups in total. The Bertz CT molecular complexity index is 443. The average molecular weight is 277 g/mol. The van der Waals surface area contributed by atoms with Gasteiger partial charge < -0.3 is 10.1 Å². The molecule has 0 aliphatic heterocycles. The van der Waals surface area contributed by atoms with Crippen LogP contribution >= 0.6 is 0 Å². The highest BCUT2D eigenvalue weighted by atomic mass is 16.5. The normalized spacial score (nSPS) is 18.9. The van der Waals surface area contributed by atoms with Gasteiger partial charge in [-0.2, -0.15) is 0 Å². The third kappa shape index (κ3) is 2.72. The highest BCUT2D eigenvalue weighted by molar-refractivity contribution is 5.25. The van der Waals surface area contributed by atoms with E-state index in [1.165, 1.54) is 24.1 Å². The van der Waals surface area contributed by atoms with Gasteiger partial charge in [-0.1, -0.05) is 13.8 Å². The number of hydrogen-bond donors (Lipinski definition) is 1. The van der Waals surface area contributed by atoms with Crippen LogP contribution in [-0.2, 0) is 16.8 Å². The van der Waals surface area contributed by atoms with Crippen molar-refractivity contribution in [1.29, 1.82) is 0 Å². The van der Waals surface area contributed by atoms with Gasteiger partial charge in [0.05, 0.1) is 0 Å². The molecule has 112 valence electrons. The minimum Gasteiger partial charge on any atom is -0.367 e. The summed E-state index contributed by atoms with van der Waals surface area (Å²) in [5.41, 5.74) is 2.14. The van der Waals surface area contributed by atoms with Gasteiger partial charge in [-0.15, -0.1) is 0 Å². The van der Waals surface area contributed by atoms with E-state index in [4.69, 9.17) is 9.72 Å². The van der Waals surface area contributed by atoms with E-state index in [9.17, 15) is 0 Å². The van der Waals surface area contributed by atoms with Crippen molar-refractivity contribution in [3.8, 4) is 0 Å². The fraction of sp³-hybridized carbons (Fsp3) is 0.750. The van der Waals surface area contributed by atoms with E-state index in [0.717, 1.165) is 25.1 Å². The Morgan fingerprint density at radius 1 is 1.35 bits per heavy atom. The summed E-state index contributed by atoms with van der Waals surface area (Å²) >= 11 is 0. The minimum absolute atomic E-state index is 0.323. The number of fused-ring (bicyclic) bond motifs is 1. The van der Waals surface area contributed by atoms with Gasteiger partial charge in [-0.3, -0.25) is 0 Å². The molecule has 0 aromatic carbocycles. The second-order valence-electron chi connectivity index (χ2n) is 5.46. The van der Waals surface area contributed by atoms with Gasteiger partial charge in [0.15, 0.2) is 5.82 Å². The molecule has 20 heavy (non-hydrogen) atoms. The van der Waals surface area contributed by atoms with Crippen LogP contribution in [0.15, 0.2) is 6.20 Å². The van der Waals surface area contributed by atoms with Crippen LogP contribution in [0.25, 0.3) is 0 Å². The maximum Gasteiger partial charge on any atom is 0.160 e. The molecule has 1 atom stereocenters. The standard InChI is InChI=1S/C16H27N3O/c1-5-16(6-2,20-7-3)15-18-11-12-13(17-4)9-8-10-14(12)19-15/h11,13,17H,5-10H2,1-4H3. The molecule has 1 aliphatic carbocycles. The topological polar surface area (TPSA) is 47.0 Å². The predicted octanol–water partition coefficient (Wildman–Crippen LogP) is 3.13. The molecule has 0 fully saturated rings. The monoisotopic (exact) mass is 277 g/mol. The number of nitrogens with zero attached hydrogens (tertiary/aromatic N) is 2. The maximum atomic E-state index is 6.02. The highest BCUT2D eigenvalue weighted by Crippen LogP contribution is 2.33. The van der Waals surface area contributed by atoms with Gasteiger partial charge in [0, 0.05) is 30.1 Å². The molecule has 0 radical (unpaired) electrons. The van der Waals surface area contributed by atoms with Crippen LogP contribution in [0.2, 0.25) is 0 Å². The van der Waals surface area contributed by atoms with Crippen LogP contribution in [0.5, 0.6) is 0 Å². The zero-order chi connectivity index (χ0) is 14.6. The fourth-order valence-corrected chi connectivity index (χ4v) is 3.18. The lowest BCUT2D eigenvalue weighted by atomic mass is 9.91. The quantitative estimate of drug-likeness (QED) is 0.868. The molecule has 2 rings (SSSR count). The summed E-state index contributed by atoms with van der Waals surface area (Å²) in [4.78, 5) is 9.52. The smallest absolute Gasteiger partial charge is 0.160 e. The van der Waals surface area contributed by atoms with Crippen molar-refractivity contribution >= 4 is 0 Å². The second-order valence-corrected chi connectivity index (χ2v) is 5.46. The van der Waals surface area contributed by atoms with Gasteiger partial charge in [-0.25, -0.2) is 9.97 Å². The molecule has 0 saturated heterocycles.